The Labute approximate surface area is 108 Å². The fourth-order valence-electron chi connectivity index (χ4n) is 1.58. The maximum atomic E-state index is 11.0. The molecule has 16 heavy (non-hydrogen) atoms. The minimum atomic E-state index is -0.883. The van der Waals surface area contributed by atoms with Crippen molar-refractivity contribution in [3.63, 3.8) is 0 Å². The van der Waals surface area contributed by atoms with E-state index in [0.29, 0.717) is 11.4 Å². The highest BCUT2D eigenvalue weighted by molar-refractivity contribution is 9.10. The fraction of sp³-hybridized carbons (Fsp3) is 0.364. The molecule has 2 atom stereocenters. The number of benzene rings is 1. The lowest BCUT2D eigenvalue weighted by molar-refractivity contribution is -0.142. The number of hydrogen-bond donors (Lipinski definition) is 2. The van der Waals surface area contributed by atoms with Gasteiger partial charge in [0.1, 0.15) is 0 Å². The van der Waals surface area contributed by atoms with Crippen molar-refractivity contribution < 1.29 is 9.90 Å². The predicted octanol–water partition coefficient (Wildman–Crippen LogP) is 3.21. The van der Waals surface area contributed by atoms with E-state index in [1.807, 2.05) is 0 Å². The van der Waals surface area contributed by atoms with Crippen LogP contribution in [-0.4, -0.2) is 11.1 Å². The molecule has 3 N–H and O–H groups in total. The molecule has 1 unspecified atom stereocenters. The Balaban J connectivity index is 3.02. The molecule has 0 spiro atoms. The van der Waals surface area contributed by atoms with Gasteiger partial charge in [0.15, 0.2) is 0 Å². The molecule has 0 saturated heterocycles. The van der Waals surface area contributed by atoms with Crippen molar-refractivity contribution in [1.82, 2.24) is 0 Å². The van der Waals surface area contributed by atoms with Crippen LogP contribution in [0.3, 0.4) is 0 Å². The van der Waals surface area contributed by atoms with Crippen LogP contribution in [0.1, 0.15) is 24.9 Å². The highest BCUT2D eigenvalue weighted by Gasteiger charge is 2.24. The molecule has 0 aliphatic rings. The number of hydrogen-bond acceptors (Lipinski definition) is 2. The highest BCUT2D eigenvalue weighted by atomic mass is 79.9. The molecule has 0 radical (unpaired) electrons. The minimum Gasteiger partial charge on any atom is -0.481 e. The quantitative estimate of drug-likeness (QED) is 0.898. The Morgan fingerprint density at radius 2 is 2.19 bits per heavy atom. The van der Waals surface area contributed by atoms with E-state index in [9.17, 15) is 4.79 Å². The van der Waals surface area contributed by atoms with Gasteiger partial charge >= 0.3 is 5.97 Å². The normalized spacial score (nSPS) is 14.5. The van der Waals surface area contributed by atoms with E-state index in [-0.39, 0.29) is 0 Å². The summed E-state index contributed by atoms with van der Waals surface area (Å²) in [6.07, 6.45) is 0.487. The van der Waals surface area contributed by atoms with Crippen LogP contribution in [0.25, 0.3) is 0 Å². The first-order valence-corrected chi connectivity index (χ1v) is 6.07. The molecular formula is C11H13BrClNO2. The summed E-state index contributed by atoms with van der Waals surface area (Å²) in [6.45, 7) is 1.80. The number of carboxylic acids is 1. The third-order valence-electron chi connectivity index (χ3n) is 2.46. The van der Waals surface area contributed by atoms with Crippen LogP contribution in [0, 0.1) is 5.92 Å². The lowest BCUT2D eigenvalue weighted by atomic mass is 9.92. The first kappa shape index (κ1) is 13.5. The third-order valence-corrected chi connectivity index (χ3v) is 3.14. The molecule has 1 aromatic rings. The van der Waals surface area contributed by atoms with Crippen LogP contribution in [0.4, 0.5) is 0 Å². The molecule has 1 aromatic carbocycles. The average Bonchev–Trinajstić information content (AvgIpc) is 2.16. The Kier molecular flexibility index (Phi) is 4.77. The second-order valence-corrected chi connectivity index (χ2v) is 4.93. The topological polar surface area (TPSA) is 63.3 Å². The third kappa shape index (κ3) is 3.20. The summed E-state index contributed by atoms with van der Waals surface area (Å²) in [7, 11) is 0. The van der Waals surface area contributed by atoms with E-state index in [0.717, 1.165) is 10.0 Å². The van der Waals surface area contributed by atoms with Gasteiger partial charge in [-0.1, -0.05) is 34.5 Å². The van der Waals surface area contributed by atoms with E-state index in [2.05, 4.69) is 15.9 Å². The second-order valence-electron chi connectivity index (χ2n) is 3.58. The molecule has 0 bridgehead atoms. The molecule has 3 nitrogen and oxygen atoms in total. The van der Waals surface area contributed by atoms with Crippen molar-refractivity contribution in [3.05, 3.63) is 33.3 Å². The number of nitrogens with two attached hydrogens (primary N) is 1. The molecular weight excluding hydrogens is 293 g/mol. The van der Waals surface area contributed by atoms with Gasteiger partial charge < -0.3 is 10.8 Å². The van der Waals surface area contributed by atoms with Crippen LogP contribution < -0.4 is 5.73 Å². The Morgan fingerprint density at radius 3 is 2.62 bits per heavy atom. The molecule has 0 aliphatic carbocycles. The number of carbonyl (C=O) groups is 1. The number of aliphatic carboxylic acids is 1. The molecule has 0 fully saturated rings. The van der Waals surface area contributed by atoms with Crippen molar-refractivity contribution in [2.45, 2.75) is 19.4 Å². The smallest absolute Gasteiger partial charge is 0.308 e. The first-order valence-electron chi connectivity index (χ1n) is 4.90. The van der Waals surface area contributed by atoms with Gasteiger partial charge in [0, 0.05) is 15.5 Å². The lowest BCUT2D eigenvalue weighted by Gasteiger charge is -2.19. The Bertz CT molecular complexity index is 377. The molecule has 0 heterocycles. The van der Waals surface area contributed by atoms with Gasteiger partial charge in [-0.15, -0.1) is 0 Å². The van der Waals surface area contributed by atoms with Crippen molar-refractivity contribution in [1.29, 1.82) is 0 Å². The molecule has 0 aromatic heterocycles. The van der Waals surface area contributed by atoms with Crippen LogP contribution in [0.15, 0.2) is 22.7 Å². The summed E-state index contributed by atoms with van der Waals surface area (Å²) >= 11 is 9.19. The summed E-state index contributed by atoms with van der Waals surface area (Å²) in [4.78, 5) is 11.0. The Morgan fingerprint density at radius 1 is 1.56 bits per heavy atom. The standard InChI is InChI=1S/C11H13BrClNO2/c1-2-9(11(15)16)10(14)6-3-7(12)5-8(13)4-6/h3-5,9-10H,2,14H2,1H3,(H,15,16)/t9-,10?/m1/s1. The van der Waals surface area contributed by atoms with Gasteiger partial charge in [0.25, 0.3) is 0 Å². The predicted molar refractivity (Wildman–Crippen MR) is 67.5 cm³/mol. The zero-order valence-electron chi connectivity index (χ0n) is 8.78. The van der Waals surface area contributed by atoms with Crippen LogP contribution in [0.5, 0.6) is 0 Å². The van der Waals surface area contributed by atoms with Crippen molar-refractivity contribution in [3.8, 4) is 0 Å². The summed E-state index contributed by atoms with van der Waals surface area (Å²) in [5, 5.41) is 9.56. The summed E-state index contributed by atoms with van der Waals surface area (Å²) in [5.41, 5.74) is 6.66. The largest absolute Gasteiger partial charge is 0.481 e. The maximum Gasteiger partial charge on any atom is 0.308 e. The summed E-state index contributed by atoms with van der Waals surface area (Å²) in [6, 6.07) is 4.68. The van der Waals surface area contributed by atoms with Gasteiger partial charge in [-0.3, -0.25) is 4.79 Å². The van der Waals surface area contributed by atoms with Gasteiger partial charge in [0.05, 0.1) is 5.92 Å². The lowest BCUT2D eigenvalue weighted by Crippen LogP contribution is -2.27. The van der Waals surface area contributed by atoms with Crippen LogP contribution in [-0.2, 0) is 4.79 Å². The van der Waals surface area contributed by atoms with Gasteiger partial charge in [0.2, 0.25) is 0 Å². The Hall–Kier alpha value is -0.580. The zero-order valence-corrected chi connectivity index (χ0v) is 11.1. The number of carboxylic acid groups (broad SMARTS) is 1. The molecule has 5 heteroatoms. The molecule has 0 aliphatic heterocycles. The van der Waals surface area contributed by atoms with Crippen molar-refractivity contribution in [2.24, 2.45) is 11.7 Å². The molecule has 0 saturated carbocycles. The molecule has 0 amide bonds. The van der Waals surface area contributed by atoms with E-state index >= 15 is 0 Å². The SMILES string of the molecule is CC[C@@H](C(=O)O)C(N)c1cc(Cl)cc(Br)c1. The second kappa shape index (κ2) is 5.66. The van der Waals surface area contributed by atoms with E-state index in [1.165, 1.54) is 0 Å². The maximum absolute atomic E-state index is 11.0. The van der Waals surface area contributed by atoms with E-state index < -0.39 is 17.9 Å². The van der Waals surface area contributed by atoms with Crippen LogP contribution in [0.2, 0.25) is 5.02 Å². The van der Waals surface area contributed by atoms with Crippen LogP contribution >= 0.6 is 27.5 Å². The van der Waals surface area contributed by atoms with Gasteiger partial charge in [-0.25, -0.2) is 0 Å². The van der Waals surface area contributed by atoms with E-state index in [4.69, 9.17) is 22.4 Å². The van der Waals surface area contributed by atoms with Crippen molar-refractivity contribution >= 4 is 33.5 Å². The minimum absolute atomic E-state index is 0.487. The average molecular weight is 307 g/mol. The highest BCUT2D eigenvalue weighted by Crippen LogP contribution is 2.28. The van der Waals surface area contributed by atoms with E-state index in [1.54, 1.807) is 25.1 Å². The summed E-state index contributed by atoms with van der Waals surface area (Å²) in [5.74, 6) is -1.48. The summed E-state index contributed by atoms with van der Waals surface area (Å²) < 4.78 is 0.797. The van der Waals surface area contributed by atoms with Gasteiger partial charge in [-0.05, 0) is 30.2 Å². The fourth-order valence-corrected chi connectivity index (χ4v) is 2.47. The zero-order chi connectivity index (χ0) is 12.3. The number of halogens is 2. The first-order chi connectivity index (χ1) is 7.45. The van der Waals surface area contributed by atoms with Crippen molar-refractivity contribution in [2.75, 3.05) is 0 Å². The molecule has 1 rings (SSSR count). The molecule has 88 valence electrons. The number of rotatable bonds is 4. The monoisotopic (exact) mass is 305 g/mol. The van der Waals surface area contributed by atoms with Gasteiger partial charge in [-0.2, -0.15) is 0 Å².